The predicted molar refractivity (Wildman–Crippen MR) is 102 cm³/mol. The van der Waals surface area contributed by atoms with Gasteiger partial charge >= 0.3 is 0 Å². The Morgan fingerprint density at radius 1 is 1.21 bits per heavy atom. The zero-order valence-electron chi connectivity index (χ0n) is 16.0. The third kappa shape index (κ3) is 5.01. The van der Waals surface area contributed by atoms with Gasteiger partial charge in [0.1, 0.15) is 5.75 Å². The van der Waals surface area contributed by atoms with Crippen molar-refractivity contribution in [3.8, 4) is 11.8 Å². The van der Waals surface area contributed by atoms with Crippen LogP contribution in [0.1, 0.15) is 48.1 Å². The number of carboxylic acid groups (broad SMARTS) is 1. The Bertz CT molecular complexity index is 914. The summed E-state index contributed by atoms with van der Waals surface area (Å²) in [7, 11) is 0. The van der Waals surface area contributed by atoms with Crippen molar-refractivity contribution in [3.05, 3.63) is 58.7 Å². The Morgan fingerprint density at radius 3 is 2.36 bits per heavy atom. The van der Waals surface area contributed by atoms with Gasteiger partial charge in [-0.25, -0.2) is 0 Å². The van der Waals surface area contributed by atoms with E-state index in [1.165, 1.54) is 0 Å². The summed E-state index contributed by atoms with van der Waals surface area (Å²) >= 11 is 0. The first-order valence-electron chi connectivity index (χ1n) is 8.76. The lowest BCUT2D eigenvalue weighted by molar-refractivity contribution is -0.307. The number of carbonyl (C=O) groups excluding carboxylic acids is 2. The van der Waals surface area contributed by atoms with E-state index in [0.717, 1.165) is 5.56 Å². The average molecular weight is 380 g/mol. The first-order valence-corrected chi connectivity index (χ1v) is 8.76. The molecule has 0 saturated heterocycles. The quantitative estimate of drug-likeness (QED) is 0.718. The number of nitrogens with two attached hydrogens (primary N) is 1. The number of hydrogen-bond donors (Lipinski definition) is 2. The third-order valence-corrected chi connectivity index (χ3v) is 4.26. The molecule has 28 heavy (non-hydrogen) atoms. The SMILES string of the molecule is Cc1cc(OCC(N)=O)c(C(C)C)cc1C(Nc1ccc(C#N)cc1)C(=O)[O-]. The van der Waals surface area contributed by atoms with Crippen molar-refractivity contribution in [1.29, 1.82) is 5.26 Å². The van der Waals surface area contributed by atoms with Crippen LogP contribution in [0.3, 0.4) is 0 Å². The molecule has 0 aliphatic carbocycles. The fraction of sp³-hybridized carbons (Fsp3) is 0.286. The van der Waals surface area contributed by atoms with Crippen LogP contribution in [0.25, 0.3) is 0 Å². The van der Waals surface area contributed by atoms with Gasteiger partial charge in [-0.05, 0) is 65.9 Å². The number of hydrogen-bond acceptors (Lipinski definition) is 6. The van der Waals surface area contributed by atoms with Gasteiger partial charge in [-0.1, -0.05) is 13.8 Å². The van der Waals surface area contributed by atoms with Crippen LogP contribution in [0, 0.1) is 18.3 Å². The van der Waals surface area contributed by atoms with Gasteiger partial charge in [-0.2, -0.15) is 5.26 Å². The fourth-order valence-electron chi connectivity index (χ4n) is 2.82. The van der Waals surface area contributed by atoms with Gasteiger partial charge in [0.25, 0.3) is 5.91 Å². The smallest absolute Gasteiger partial charge is 0.255 e. The second kappa shape index (κ2) is 8.91. The third-order valence-electron chi connectivity index (χ3n) is 4.26. The molecule has 0 heterocycles. The van der Waals surface area contributed by atoms with E-state index in [9.17, 15) is 14.7 Å². The van der Waals surface area contributed by atoms with Gasteiger partial charge in [0.15, 0.2) is 6.61 Å². The summed E-state index contributed by atoms with van der Waals surface area (Å²) in [4.78, 5) is 22.9. The van der Waals surface area contributed by atoms with Crippen molar-refractivity contribution >= 4 is 17.6 Å². The molecule has 1 atom stereocenters. The highest BCUT2D eigenvalue weighted by Crippen LogP contribution is 2.33. The summed E-state index contributed by atoms with van der Waals surface area (Å²) in [6, 6.07) is 10.8. The maximum absolute atomic E-state index is 11.8. The van der Waals surface area contributed by atoms with E-state index in [-0.39, 0.29) is 12.5 Å². The lowest BCUT2D eigenvalue weighted by Gasteiger charge is -2.25. The summed E-state index contributed by atoms with van der Waals surface area (Å²) < 4.78 is 5.49. The number of rotatable bonds is 8. The Labute approximate surface area is 163 Å². The second-order valence-corrected chi connectivity index (χ2v) is 6.74. The highest BCUT2D eigenvalue weighted by Gasteiger charge is 2.20. The molecule has 0 saturated carbocycles. The van der Waals surface area contributed by atoms with Gasteiger partial charge in [-0.3, -0.25) is 4.79 Å². The molecular weight excluding hydrogens is 358 g/mol. The first-order chi connectivity index (χ1) is 13.2. The van der Waals surface area contributed by atoms with Crippen LogP contribution in [0.4, 0.5) is 5.69 Å². The van der Waals surface area contributed by atoms with Crippen LogP contribution in [0.5, 0.6) is 5.75 Å². The Morgan fingerprint density at radius 2 is 1.86 bits per heavy atom. The molecule has 2 aromatic rings. The lowest BCUT2D eigenvalue weighted by Crippen LogP contribution is -2.34. The molecule has 0 radical (unpaired) electrons. The normalized spacial score (nSPS) is 11.5. The van der Waals surface area contributed by atoms with Gasteiger partial charge in [0.05, 0.1) is 23.6 Å². The van der Waals surface area contributed by atoms with Crippen molar-refractivity contribution in [2.75, 3.05) is 11.9 Å². The summed E-state index contributed by atoms with van der Waals surface area (Å²) in [6.45, 7) is 5.38. The van der Waals surface area contributed by atoms with Crippen molar-refractivity contribution in [3.63, 3.8) is 0 Å². The molecular formula is C21H22N3O4-. The maximum Gasteiger partial charge on any atom is 0.255 e. The molecule has 2 aromatic carbocycles. The van der Waals surface area contributed by atoms with Crippen molar-refractivity contribution in [2.45, 2.75) is 32.7 Å². The number of carboxylic acids is 1. The molecule has 3 N–H and O–H groups in total. The van der Waals surface area contributed by atoms with Crippen LogP contribution >= 0.6 is 0 Å². The Kier molecular flexibility index (Phi) is 6.61. The molecule has 0 spiro atoms. The van der Waals surface area contributed by atoms with Gasteiger partial charge in [0, 0.05) is 5.69 Å². The number of nitrogens with one attached hydrogen (secondary N) is 1. The van der Waals surface area contributed by atoms with Crippen LogP contribution in [0.2, 0.25) is 0 Å². The van der Waals surface area contributed by atoms with Gasteiger partial charge in [-0.15, -0.1) is 0 Å². The van der Waals surface area contributed by atoms with E-state index in [1.807, 2.05) is 19.9 Å². The van der Waals surface area contributed by atoms with Crippen LogP contribution in [-0.2, 0) is 9.59 Å². The number of ether oxygens (including phenoxy) is 1. The number of aryl methyl sites for hydroxylation is 1. The summed E-state index contributed by atoms with van der Waals surface area (Å²) in [5, 5.41) is 23.7. The van der Waals surface area contributed by atoms with Crippen LogP contribution in [0.15, 0.2) is 36.4 Å². The molecule has 0 aliphatic heterocycles. The van der Waals surface area contributed by atoms with Crippen LogP contribution in [-0.4, -0.2) is 18.5 Å². The molecule has 0 aliphatic rings. The minimum atomic E-state index is -1.28. The number of amides is 1. The summed E-state index contributed by atoms with van der Waals surface area (Å²) in [6.07, 6.45) is 0. The molecule has 2 rings (SSSR count). The average Bonchev–Trinajstić information content (AvgIpc) is 2.64. The number of aliphatic carboxylic acids is 1. The number of nitriles is 1. The van der Waals surface area contributed by atoms with Gasteiger partial charge in [0.2, 0.25) is 0 Å². The van der Waals surface area contributed by atoms with Crippen molar-refractivity contribution in [2.24, 2.45) is 5.73 Å². The number of nitrogens with zero attached hydrogens (tertiary/aromatic N) is 1. The van der Waals surface area contributed by atoms with E-state index in [4.69, 9.17) is 15.7 Å². The highest BCUT2D eigenvalue weighted by atomic mass is 16.5. The van der Waals surface area contributed by atoms with E-state index in [2.05, 4.69) is 5.32 Å². The topological polar surface area (TPSA) is 128 Å². The van der Waals surface area contributed by atoms with Crippen molar-refractivity contribution in [1.82, 2.24) is 0 Å². The standard InChI is InChI=1S/C21H23N3O4/c1-12(2)16-9-17(13(3)8-18(16)28-11-19(23)25)20(21(26)27)24-15-6-4-14(10-22)5-7-15/h4-9,12,20,24H,11H2,1-3H3,(H2,23,25)(H,26,27)/p-1. The molecule has 7 nitrogen and oxygen atoms in total. The molecule has 146 valence electrons. The first kappa shape index (κ1) is 20.8. The van der Waals surface area contributed by atoms with Crippen molar-refractivity contribution < 1.29 is 19.4 Å². The minimum Gasteiger partial charge on any atom is -0.548 e. The number of benzene rings is 2. The van der Waals surface area contributed by atoms with Gasteiger partial charge < -0.3 is 25.7 Å². The molecule has 0 fully saturated rings. The molecule has 0 bridgehead atoms. The number of carbonyl (C=O) groups is 2. The number of anilines is 1. The zero-order chi connectivity index (χ0) is 20.8. The lowest BCUT2D eigenvalue weighted by atomic mass is 9.92. The van der Waals surface area contributed by atoms with E-state index in [1.54, 1.807) is 43.3 Å². The Balaban J connectivity index is 2.42. The zero-order valence-corrected chi connectivity index (χ0v) is 16.0. The summed E-state index contributed by atoms with van der Waals surface area (Å²) in [5.74, 6) is -1.36. The van der Waals surface area contributed by atoms with E-state index in [0.29, 0.717) is 28.1 Å². The van der Waals surface area contributed by atoms with E-state index >= 15 is 0 Å². The molecule has 7 heteroatoms. The number of primary amides is 1. The second-order valence-electron chi connectivity index (χ2n) is 6.74. The van der Waals surface area contributed by atoms with Crippen LogP contribution < -0.4 is 20.9 Å². The molecule has 1 unspecified atom stereocenters. The minimum absolute atomic E-state index is 0.0274. The largest absolute Gasteiger partial charge is 0.548 e. The fourth-order valence-corrected chi connectivity index (χ4v) is 2.82. The van der Waals surface area contributed by atoms with E-state index < -0.39 is 17.9 Å². The molecule has 1 amide bonds. The highest BCUT2D eigenvalue weighted by molar-refractivity contribution is 5.79. The summed E-state index contributed by atoms with van der Waals surface area (Å²) in [5.41, 5.74) is 8.13. The predicted octanol–water partition coefficient (Wildman–Crippen LogP) is 1.76. The molecule has 0 aromatic heterocycles. The Hall–Kier alpha value is -3.53. The monoisotopic (exact) mass is 380 g/mol. The maximum atomic E-state index is 11.8.